The van der Waals surface area contributed by atoms with Crippen molar-refractivity contribution in [1.82, 2.24) is 14.4 Å². The van der Waals surface area contributed by atoms with E-state index in [1.54, 1.807) is 36.7 Å². The van der Waals surface area contributed by atoms with Crippen molar-refractivity contribution in [2.24, 2.45) is 0 Å². The summed E-state index contributed by atoms with van der Waals surface area (Å²) in [5.41, 5.74) is 0.623. The number of rotatable bonds is 2. The zero-order valence-corrected chi connectivity index (χ0v) is 11.3. The summed E-state index contributed by atoms with van der Waals surface area (Å²) in [6, 6.07) is 5.01. The number of pyridine rings is 1. The molecule has 0 aromatic carbocycles. The van der Waals surface area contributed by atoms with Crippen LogP contribution in [0, 0.1) is 6.92 Å². The third-order valence-electron chi connectivity index (χ3n) is 2.78. The maximum absolute atomic E-state index is 12.3. The van der Waals surface area contributed by atoms with Crippen LogP contribution in [0.5, 0.6) is 0 Å². The molecule has 0 unspecified atom stereocenters. The predicted octanol–water partition coefficient (Wildman–Crippen LogP) is 1.71. The SMILES string of the molecule is Cc1nc2sccn2c(=O)c1NC(=O)c1ccccn1. The lowest BCUT2D eigenvalue weighted by molar-refractivity contribution is 0.102. The molecule has 0 saturated heterocycles. The molecule has 3 rings (SSSR count). The van der Waals surface area contributed by atoms with Crippen molar-refractivity contribution in [3.8, 4) is 0 Å². The highest BCUT2D eigenvalue weighted by molar-refractivity contribution is 7.15. The molecular weight excluding hydrogens is 276 g/mol. The van der Waals surface area contributed by atoms with Crippen LogP contribution < -0.4 is 10.9 Å². The van der Waals surface area contributed by atoms with E-state index in [1.165, 1.54) is 21.9 Å². The number of thiazole rings is 1. The Morgan fingerprint density at radius 1 is 1.40 bits per heavy atom. The number of hydrogen-bond donors (Lipinski definition) is 1. The zero-order valence-electron chi connectivity index (χ0n) is 10.5. The van der Waals surface area contributed by atoms with Gasteiger partial charge >= 0.3 is 0 Å². The van der Waals surface area contributed by atoms with E-state index >= 15 is 0 Å². The number of aryl methyl sites for hydroxylation is 1. The van der Waals surface area contributed by atoms with E-state index in [0.717, 1.165) is 0 Å². The van der Waals surface area contributed by atoms with Crippen molar-refractivity contribution in [1.29, 1.82) is 0 Å². The van der Waals surface area contributed by atoms with Gasteiger partial charge in [0.25, 0.3) is 11.5 Å². The normalized spacial score (nSPS) is 10.7. The molecule has 0 aliphatic heterocycles. The van der Waals surface area contributed by atoms with Crippen molar-refractivity contribution < 1.29 is 4.79 Å². The summed E-state index contributed by atoms with van der Waals surface area (Å²) >= 11 is 1.37. The van der Waals surface area contributed by atoms with Gasteiger partial charge in [-0.25, -0.2) is 4.98 Å². The molecule has 0 fully saturated rings. The minimum Gasteiger partial charge on any atom is -0.314 e. The molecule has 7 heteroatoms. The molecule has 3 heterocycles. The minimum absolute atomic E-state index is 0.177. The fourth-order valence-electron chi connectivity index (χ4n) is 1.80. The highest BCUT2D eigenvalue weighted by Gasteiger charge is 2.14. The number of hydrogen-bond acceptors (Lipinski definition) is 5. The molecule has 1 amide bonds. The molecule has 0 bridgehead atoms. The van der Waals surface area contributed by atoms with Crippen LogP contribution in [0.25, 0.3) is 4.96 Å². The Morgan fingerprint density at radius 3 is 3.00 bits per heavy atom. The topological polar surface area (TPSA) is 76.4 Å². The zero-order chi connectivity index (χ0) is 14.1. The van der Waals surface area contributed by atoms with E-state index in [2.05, 4.69) is 15.3 Å². The van der Waals surface area contributed by atoms with E-state index in [0.29, 0.717) is 10.7 Å². The van der Waals surface area contributed by atoms with Crippen LogP contribution in [0.3, 0.4) is 0 Å². The average Bonchev–Trinajstić information content (AvgIpc) is 2.92. The van der Waals surface area contributed by atoms with Crippen LogP contribution in [0.1, 0.15) is 16.2 Å². The van der Waals surface area contributed by atoms with Gasteiger partial charge in [-0.1, -0.05) is 6.07 Å². The third-order valence-corrected chi connectivity index (χ3v) is 3.54. The highest BCUT2D eigenvalue weighted by atomic mass is 32.1. The lowest BCUT2D eigenvalue weighted by Gasteiger charge is -2.07. The maximum atomic E-state index is 12.3. The first kappa shape index (κ1) is 12.5. The fourth-order valence-corrected chi connectivity index (χ4v) is 2.55. The second kappa shape index (κ2) is 4.86. The van der Waals surface area contributed by atoms with Gasteiger partial charge in [-0.15, -0.1) is 11.3 Å². The monoisotopic (exact) mass is 286 g/mol. The Bertz CT molecular complexity index is 838. The maximum Gasteiger partial charge on any atom is 0.282 e. The molecule has 0 atom stereocenters. The van der Waals surface area contributed by atoms with E-state index in [9.17, 15) is 9.59 Å². The summed E-state index contributed by atoms with van der Waals surface area (Å²) < 4.78 is 1.41. The van der Waals surface area contributed by atoms with Gasteiger partial charge in [0.05, 0.1) is 5.69 Å². The largest absolute Gasteiger partial charge is 0.314 e. The molecule has 0 spiro atoms. The lowest BCUT2D eigenvalue weighted by Crippen LogP contribution is -2.24. The van der Waals surface area contributed by atoms with Gasteiger partial charge in [0.15, 0.2) is 4.96 Å². The lowest BCUT2D eigenvalue weighted by atomic mass is 10.3. The number of carbonyl (C=O) groups excluding carboxylic acids is 1. The second-order valence-electron chi connectivity index (χ2n) is 4.10. The van der Waals surface area contributed by atoms with Crippen LogP contribution in [0.2, 0.25) is 0 Å². The molecule has 0 radical (unpaired) electrons. The Hall–Kier alpha value is -2.54. The molecule has 20 heavy (non-hydrogen) atoms. The number of fused-ring (bicyclic) bond motifs is 1. The molecule has 0 aliphatic rings. The molecule has 1 N–H and O–H groups in total. The van der Waals surface area contributed by atoms with Gasteiger partial charge in [0.2, 0.25) is 0 Å². The number of amides is 1. The predicted molar refractivity (Wildman–Crippen MR) is 76.3 cm³/mol. The van der Waals surface area contributed by atoms with Crippen molar-refractivity contribution in [2.45, 2.75) is 6.92 Å². The van der Waals surface area contributed by atoms with Crippen molar-refractivity contribution in [2.75, 3.05) is 5.32 Å². The van der Waals surface area contributed by atoms with E-state index < -0.39 is 5.91 Å². The van der Waals surface area contributed by atoms with Gasteiger partial charge in [-0.2, -0.15) is 0 Å². The summed E-state index contributed by atoms with van der Waals surface area (Å²) in [7, 11) is 0. The number of anilines is 1. The molecule has 6 nitrogen and oxygen atoms in total. The van der Waals surface area contributed by atoms with Crippen molar-refractivity contribution in [3.05, 3.63) is 57.7 Å². The Balaban J connectivity index is 2.03. The number of carbonyl (C=O) groups is 1. The van der Waals surface area contributed by atoms with Crippen LogP contribution >= 0.6 is 11.3 Å². The molecule has 3 aromatic rings. The van der Waals surface area contributed by atoms with Crippen LogP contribution in [0.15, 0.2) is 40.8 Å². The number of nitrogens with zero attached hydrogens (tertiary/aromatic N) is 3. The average molecular weight is 286 g/mol. The summed E-state index contributed by atoms with van der Waals surface area (Å²) in [4.78, 5) is 33.2. The Labute approximate surface area is 117 Å². The Morgan fingerprint density at radius 2 is 2.25 bits per heavy atom. The second-order valence-corrected chi connectivity index (χ2v) is 4.98. The quantitative estimate of drug-likeness (QED) is 0.778. The first-order valence-electron chi connectivity index (χ1n) is 5.85. The van der Waals surface area contributed by atoms with E-state index in [1.807, 2.05) is 0 Å². The molecule has 100 valence electrons. The first-order chi connectivity index (χ1) is 9.66. The summed E-state index contributed by atoms with van der Waals surface area (Å²) in [6.45, 7) is 1.69. The van der Waals surface area contributed by atoms with Gasteiger partial charge in [0.1, 0.15) is 11.4 Å². The number of aromatic nitrogens is 3. The molecule has 0 aliphatic carbocycles. The summed E-state index contributed by atoms with van der Waals surface area (Å²) in [5.74, 6) is -0.428. The van der Waals surface area contributed by atoms with Gasteiger partial charge in [-0.05, 0) is 19.1 Å². The van der Waals surface area contributed by atoms with Crippen LogP contribution in [-0.4, -0.2) is 20.3 Å². The van der Waals surface area contributed by atoms with Gasteiger partial charge in [-0.3, -0.25) is 19.0 Å². The van der Waals surface area contributed by atoms with E-state index in [4.69, 9.17) is 0 Å². The summed E-state index contributed by atoms with van der Waals surface area (Å²) in [6.07, 6.45) is 3.15. The van der Waals surface area contributed by atoms with Gasteiger partial charge < -0.3 is 5.32 Å². The van der Waals surface area contributed by atoms with Crippen LogP contribution in [-0.2, 0) is 0 Å². The Kier molecular flexibility index (Phi) is 3.03. The van der Waals surface area contributed by atoms with Crippen molar-refractivity contribution in [3.63, 3.8) is 0 Å². The molecule has 3 aromatic heterocycles. The van der Waals surface area contributed by atoms with Crippen LogP contribution in [0.4, 0.5) is 5.69 Å². The first-order valence-corrected chi connectivity index (χ1v) is 6.73. The van der Waals surface area contributed by atoms with Gasteiger partial charge in [0, 0.05) is 17.8 Å². The fraction of sp³-hybridized carbons (Fsp3) is 0.0769. The molecular formula is C13H10N4O2S. The summed E-state index contributed by atoms with van der Waals surface area (Å²) in [5, 5.41) is 4.36. The van der Waals surface area contributed by atoms with E-state index in [-0.39, 0.29) is 16.9 Å². The highest BCUT2D eigenvalue weighted by Crippen LogP contribution is 2.13. The smallest absolute Gasteiger partial charge is 0.282 e. The minimum atomic E-state index is -0.428. The van der Waals surface area contributed by atoms with Crippen molar-refractivity contribution >= 4 is 27.9 Å². The molecule has 0 saturated carbocycles. The standard InChI is InChI=1S/C13H10N4O2S/c1-8-10(12(19)17-6-7-20-13(17)15-8)16-11(18)9-4-2-3-5-14-9/h2-7H,1H3,(H,16,18). The number of nitrogens with one attached hydrogen (secondary N) is 1. The third kappa shape index (κ3) is 2.08.